The molecule has 134 valence electrons. The smallest absolute Gasteiger partial charge is 0.141 e. The lowest BCUT2D eigenvalue weighted by molar-refractivity contribution is 0.681. The number of hydrogen-bond acceptors (Lipinski definition) is 7. The van der Waals surface area contributed by atoms with Gasteiger partial charge in [0, 0.05) is 35.3 Å². The van der Waals surface area contributed by atoms with Gasteiger partial charge in [-0.05, 0) is 29.7 Å². The van der Waals surface area contributed by atoms with Crippen molar-refractivity contribution in [2.75, 3.05) is 5.75 Å². The van der Waals surface area contributed by atoms with Crippen LogP contribution in [0.1, 0.15) is 31.7 Å². The predicted molar refractivity (Wildman–Crippen MR) is 111 cm³/mol. The van der Waals surface area contributed by atoms with Gasteiger partial charge < -0.3 is 5.73 Å². The van der Waals surface area contributed by atoms with E-state index in [2.05, 4.69) is 16.9 Å². The van der Waals surface area contributed by atoms with E-state index in [1.807, 2.05) is 23.7 Å². The van der Waals surface area contributed by atoms with E-state index in [1.54, 1.807) is 17.5 Å². The Morgan fingerprint density at radius 3 is 2.92 bits per heavy atom. The summed E-state index contributed by atoms with van der Waals surface area (Å²) in [7, 11) is -0.983. The molecule has 1 aliphatic rings. The average molecular weight is 403 g/mol. The molecule has 2 N–H and O–H groups in total. The van der Waals surface area contributed by atoms with Crippen molar-refractivity contribution in [3.63, 3.8) is 0 Å². The number of amidine groups is 1. The lowest BCUT2D eigenvalue weighted by atomic mass is 10.0. The van der Waals surface area contributed by atoms with E-state index in [-0.39, 0.29) is 0 Å². The molecule has 26 heavy (non-hydrogen) atoms. The van der Waals surface area contributed by atoms with Crippen LogP contribution in [0.25, 0.3) is 26.5 Å². The van der Waals surface area contributed by atoms with E-state index in [4.69, 9.17) is 10.7 Å². The van der Waals surface area contributed by atoms with Gasteiger partial charge in [0.25, 0.3) is 0 Å². The first-order valence-corrected chi connectivity index (χ1v) is 11.4. The second-order valence-electron chi connectivity index (χ2n) is 6.03. The third-order valence-electron chi connectivity index (χ3n) is 4.15. The average Bonchev–Trinajstić information content (AvgIpc) is 3.38. The summed E-state index contributed by atoms with van der Waals surface area (Å²) in [6.07, 6.45) is 6.22. The van der Waals surface area contributed by atoms with Crippen molar-refractivity contribution < 1.29 is 4.21 Å². The summed E-state index contributed by atoms with van der Waals surface area (Å²) in [5, 5.41) is 3.84. The standard InChI is InChI=1S/C18H18N4OS3/c1-2-3-6-26(23)16-9-13-12(11-7-15(19)21-10-11)8-14(22-17(13)25-16)18-20-4-5-24-18/h4-5,8-10H,2-3,6-7H2,1H3,(H2,19,21). The summed E-state index contributed by atoms with van der Waals surface area (Å²) in [6, 6.07) is 4.07. The Kier molecular flexibility index (Phi) is 4.97. The Morgan fingerprint density at radius 2 is 2.23 bits per heavy atom. The monoisotopic (exact) mass is 402 g/mol. The SMILES string of the molecule is CCCCS(=O)c1cc2c(C3=CN=C(N)C3)cc(-c3nccs3)nc2s1. The number of thiazole rings is 1. The minimum Gasteiger partial charge on any atom is -0.387 e. The highest BCUT2D eigenvalue weighted by molar-refractivity contribution is 7.87. The van der Waals surface area contributed by atoms with Gasteiger partial charge in [-0.3, -0.25) is 4.21 Å². The molecule has 1 unspecified atom stereocenters. The fourth-order valence-electron chi connectivity index (χ4n) is 2.82. The van der Waals surface area contributed by atoms with Crippen LogP contribution in [0.15, 0.2) is 39.1 Å². The minimum atomic E-state index is -0.983. The highest BCUT2D eigenvalue weighted by Gasteiger charge is 2.19. The first-order valence-electron chi connectivity index (χ1n) is 8.40. The van der Waals surface area contributed by atoms with Gasteiger partial charge >= 0.3 is 0 Å². The Labute approximate surface area is 162 Å². The number of pyridine rings is 1. The molecule has 5 nitrogen and oxygen atoms in total. The van der Waals surface area contributed by atoms with Crippen molar-refractivity contribution in [3.8, 4) is 10.7 Å². The van der Waals surface area contributed by atoms with E-state index in [1.165, 1.54) is 11.3 Å². The molecule has 0 saturated carbocycles. The van der Waals surface area contributed by atoms with Crippen LogP contribution < -0.4 is 5.73 Å². The zero-order valence-electron chi connectivity index (χ0n) is 14.3. The second kappa shape index (κ2) is 7.38. The van der Waals surface area contributed by atoms with Gasteiger partial charge in [0.2, 0.25) is 0 Å². The van der Waals surface area contributed by atoms with E-state index in [0.29, 0.717) is 18.0 Å². The number of aromatic nitrogens is 2. The predicted octanol–water partition coefficient (Wildman–Crippen LogP) is 4.43. The van der Waals surface area contributed by atoms with Crippen LogP contribution in [0.4, 0.5) is 0 Å². The lowest BCUT2D eigenvalue weighted by Gasteiger charge is -2.06. The normalized spacial score (nSPS) is 15.3. The van der Waals surface area contributed by atoms with Gasteiger partial charge in [0.15, 0.2) is 0 Å². The summed E-state index contributed by atoms with van der Waals surface area (Å²) in [5.74, 6) is 1.30. The van der Waals surface area contributed by atoms with Crippen LogP contribution in [0.5, 0.6) is 0 Å². The fourth-order valence-corrected chi connectivity index (χ4v) is 6.06. The maximum Gasteiger partial charge on any atom is 0.141 e. The van der Waals surface area contributed by atoms with Crippen molar-refractivity contribution in [2.24, 2.45) is 10.7 Å². The van der Waals surface area contributed by atoms with Gasteiger partial charge in [0.05, 0.1) is 15.0 Å². The Hall–Kier alpha value is -1.90. The molecule has 0 amide bonds. The van der Waals surface area contributed by atoms with Gasteiger partial charge in [-0.15, -0.1) is 22.7 Å². The molecule has 1 aliphatic heterocycles. The summed E-state index contributed by atoms with van der Waals surface area (Å²) in [5.41, 5.74) is 8.83. The topological polar surface area (TPSA) is 81.2 Å². The first-order chi connectivity index (χ1) is 12.7. The number of fused-ring (bicyclic) bond motifs is 1. The molecule has 4 heterocycles. The minimum absolute atomic E-state index is 0.614. The molecule has 8 heteroatoms. The summed E-state index contributed by atoms with van der Waals surface area (Å²) >= 11 is 3.07. The zero-order chi connectivity index (χ0) is 18.1. The van der Waals surface area contributed by atoms with E-state index < -0.39 is 10.8 Å². The molecule has 0 fully saturated rings. The molecule has 3 aromatic heterocycles. The van der Waals surface area contributed by atoms with Crippen LogP contribution in [0.2, 0.25) is 0 Å². The van der Waals surface area contributed by atoms with Crippen LogP contribution in [-0.4, -0.2) is 25.8 Å². The molecule has 0 saturated heterocycles. The molecule has 0 spiro atoms. The van der Waals surface area contributed by atoms with Crippen molar-refractivity contribution in [1.82, 2.24) is 9.97 Å². The quantitative estimate of drug-likeness (QED) is 0.661. The molecule has 1 atom stereocenters. The number of thiophene rings is 1. The number of hydrogen-bond donors (Lipinski definition) is 1. The van der Waals surface area contributed by atoms with Crippen LogP contribution in [0.3, 0.4) is 0 Å². The maximum atomic E-state index is 12.6. The Balaban J connectivity index is 1.83. The molecule has 0 bridgehead atoms. The molecule has 4 rings (SSSR count). The number of aliphatic imine (C=N–C) groups is 1. The van der Waals surface area contributed by atoms with Crippen molar-refractivity contribution in [1.29, 1.82) is 0 Å². The molecule has 0 aliphatic carbocycles. The van der Waals surface area contributed by atoms with Crippen LogP contribution >= 0.6 is 22.7 Å². The first kappa shape index (κ1) is 17.5. The summed E-state index contributed by atoms with van der Waals surface area (Å²) < 4.78 is 13.5. The Morgan fingerprint density at radius 1 is 1.35 bits per heavy atom. The fraction of sp³-hybridized carbons (Fsp3) is 0.278. The van der Waals surface area contributed by atoms with Crippen LogP contribution in [0, 0.1) is 0 Å². The third-order valence-corrected chi connectivity index (χ3v) is 7.80. The van der Waals surface area contributed by atoms with Gasteiger partial charge in [-0.2, -0.15) is 0 Å². The third kappa shape index (κ3) is 3.36. The highest BCUT2D eigenvalue weighted by atomic mass is 32.2. The summed E-state index contributed by atoms with van der Waals surface area (Å²) in [6.45, 7) is 2.11. The van der Waals surface area contributed by atoms with Crippen molar-refractivity contribution in [2.45, 2.75) is 30.4 Å². The molecule has 0 aromatic carbocycles. The van der Waals surface area contributed by atoms with Crippen LogP contribution in [-0.2, 0) is 10.8 Å². The number of nitrogens with two attached hydrogens (primary N) is 1. The van der Waals surface area contributed by atoms with E-state index >= 15 is 0 Å². The molecular weight excluding hydrogens is 384 g/mol. The van der Waals surface area contributed by atoms with Gasteiger partial charge in [-0.1, -0.05) is 13.3 Å². The Bertz CT molecular complexity index is 1030. The van der Waals surface area contributed by atoms with Crippen molar-refractivity contribution >= 4 is 55.1 Å². The van der Waals surface area contributed by atoms with Gasteiger partial charge in [0.1, 0.15) is 21.4 Å². The summed E-state index contributed by atoms with van der Waals surface area (Å²) in [4.78, 5) is 14.3. The zero-order valence-corrected chi connectivity index (χ0v) is 16.7. The largest absolute Gasteiger partial charge is 0.387 e. The van der Waals surface area contributed by atoms with Crippen molar-refractivity contribution in [3.05, 3.63) is 35.5 Å². The molecule has 3 aromatic rings. The maximum absolute atomic E-state index is 12.6. The van der Waals surface area contributed by atoms with E-state index in [0.717, 1.165) is 49.1 Å². The molecule has 0 radical (unpaired) electrons. The van der Waals surface area contributed by atoms with E-state index in [9.17, 15) is 4.21 Å². The lowest BCUT2D eigenvalue weighted by Crippen LogP contribution is -2.07. The second-order valence-corrected chi connectivity index (χ2v) is 9.75. The highest BCUT2D eigenvalue weighted by Crippen LogP contribution is 2.37. The number of nitrogens with zero attached hydrogens (tertiary/aromatic N) is 3. The number of unbranched alkanes of at least 4 members (excludes halogenated alkanes) is 1. The van der Waals surface area contributed by atoms with Gasteiger partial charge in [-0.25, -0.2) is 15.0 Å². The number of rotatable bonds is 6. The molecular formula is C18H18N4OS3.